The molecule has 2 aliphatic rings. The molecule has 28 heavy (non-hydrogen) atoms. The molecule has 1 aliphatic carbocycles. The number of hydrogen-bond acceptors (Lipinski definition) is 3. The Balaban J connectivity index is 1.74. The van der Waals surface area contributed by atoms with Gasteiger partial charge in [0, 0.05) is 26.2 Å². The number of alkyl halides is 3. The summed E-state index contributed by atoms with van der Waals surface area (Å²) >= 11 is 0. The lowest BCUT2D eigenvalue weighted by Crippen LogP contribution is -2.42. The number of benzene rings is 1. The predicted octanol–water partition coefficient (Wildman–Crippen LogP) is 3.04. The van der Waals surface area contributed by atoms with E-state index in [4.69, 9.17) is 9.73 Å². The monoisotopic (exact) mass is 398 g/mol. The van der Waals surface area contributed by atoms with Crippen LogP contribution in [0, 0.1) is 5.92 Å². The highest BCUT2D eigenvalue weighted by Gasteiger charge is 2.31. The molecule has 0 amide bonds. The van der Waals surface area contributed by atoms with Gasteiger partial charge < -0.3 is 15.4 Å². The Morgan fingerprint density at radius 1 is 1.18 bits per heavy atom. The zero-order valence-corrected chi connectivity index (χ0v) is 16.3. The van der Waals surface area contributed by atoms with Crippen LogP contribution in [0.4, 0.5) is 13.2 Å². The first-order valence-corrected chi connectivity index (χ1v) is 9.98. The summed E-state index contributed by atoms with van der Waals surface area (Å²) in [4.78, 5) is 6.96. The van der Waals surface area contributed by atoms with E-state index in [1.54, 1.807) is 12.1 Å². The number of halogens is 3. The fourth-order valence-corrected chi connectivity index (χ4v) is 3.30. The van der Waals surface area contributed by atoms with Crippen molar-refractivity contribution in [3.63, 3.8) is 0 Å². The Bertz CT molecular complexity index is 638. The summed E-state index contributed by atoms with van der Waals surface area (Å²) < 4.78 is 44.1. The van der Waals surface area contributed by atoms with Crippen molar-refractivity contribution in [1.82, 2.24) is 15.5 Å². The van der Waals surface area contributed by atoms with Crippen molar-refractivity contribution in [3.8, 4) is 0 Å². The Morgan fingerprint density at radius 3 is 2.43 bits per heavy atom. The van der Waals surface area contributed by atoms with Crippen LogP contribution in [-0.4, -0.2) is 56.8 Å². The van der Waals surface area contributed by atoms with Gasteiger partial charge in [-0.1, -0.05) is 12.1 Å². The SMILES string of the molecule is CCNC(=NCC(c1ccc(C(F)(F)F)cc1)N1CCOCC1)NCC1CC1. The van der Waals surface area contributed by atoms with Gasteiger partial charge in [-0.2, -0.15) is 13.2 Å². The van der Waals surface area contributed by atoms with Gasteiger partial charge in [0.1, 0.15) is 0 Å². The smallest absolute Gasteiger partial charge is 0.379 e. The third-order valence-corrected chi connectivity index (χ3v) is 5.13. The predicted molar refractivity (Wildman–Crippen MR) is 103 cm³/mol. The van der Waals surface area contributed by atoms with Gasteiger partial charge in [-0.05, 0) is 43.4 Å². The molecule has 1 atom stereocenters. The molecule has 3 rings (SSSR count). The van der Waals surface area contributed by atoms with Crippen molar-refractivity contribution < 1.29 is 17.9 Å². The highest BCUT2D eigenvalue weighted by atomic mass is 19.4. The first-order valence-electron chi connectivity index (χ1n) is 9.98. The number of nitrogens with one attached hydrogen (secondary N) is 2. The summed E-state index contributed by atoms with van der Waals surface area (Å²) in [5, 5.41) is 6.62. The molecule has 5 nitrogen and oxygen atoms in total. The van der Waals surface area contributed by atoms with Gasteiger partial charge in [-0.3, -0.25) is 9.89 Å². The molecule has 0 aromatic heterocycles. The van der Waals surface area contributed by atoms with Crippen molar-refractivity contribution in [1.29, 1.82) is 0 Å². The van der Waals surface area contributed by atoms with Gasteiger partial charge in [0.25, 0.3) is 0 Å². The number of rotatable bonds is 7. The van der Waals surface area contributed by atoms with E-state index in [-0.39, 0.29) is 6.04 Å². The molecular formula is C20H29F3N4O. The van der Waals surface area contributed by atoms with Crippen molar-refractivity contribution in [3.05, 3.63) is 35.4 Å². The van der Waals surface area contributed by atoms with Gasteiger partial charge in [0.2, 0.25) is 0 Å². The maximum atomic E-state index is 12.9. The molecular weight excluding hydrogens is 369 g/mol. The lowest BCUT2D eigenvalue weighted by molar-refractivity contribution is -0.137. The second-order valence-electron chi connectivity index (χ2n) is 7.33. The molecule has 2 N–H and O–H groups in total. The Hall–Kier alpha value is -1.80. The summed E-state index contributed by atoms with van der Waals surface area (Å²) in [6, 6.07) is 5.38. The summed E-state index contributed by atoms with van der Waals surface area (Å²) in [7, 11) is 0. The molecule has 0 radical (unpaired) electrons. The highest BCUT2D eigenvalue weighted by molar-refractivity contribution is 5.79. The zero-order valence-electron chi connectivity index (χ0n) is 16.3. The third-order valence-electron chi connectivity index (χ3n) is 5.13. The lowest BCUT2D eigenvalue weighted by Gasteiger charge is -2.34. The van der Waals surface area contributed by atoms with Crippen LogP contribution in [0.3, 0.4) is 0 Å². The Labute approximate surface area is 164 Å². The lowest BCUT2D eigenvalue weighted by atomic mass is 10.0. The topological polar surface area (TPSA) is 48.9 Å². The van der Waals surface area contributed by atoms with Crippen molar-refractivity contribution in [2.75, 3.05) is 45.9 Å². The van der Waals surface area contributed by atoms with E-state index in [2.05, 4.69) is 15.5 Å². The molecule has 1 heterocycles. The molecule has 1 unspecified atom stereocenters. The standard InChI is InChI=1S/C20H29F3N4O/c1-2-24-19(25-13-15-3-4-15)26-14-18(27-9-11-28-12-10-27)16-5-7-17(8-6-16)20(21,22)23/h5-8,15,18H,2-4,9-14H2,1H3,(H2,24,25,26). The van der Waals surface area contributed by atoms with Crippen LogP contribution in [0.1, 0.15) is 36.9 Å². The minimum Gasteiger partial charge on any atom is -0.379 e. The molecule has 0 bridgehead atoms. The molecule has 0 spiro atoms. The number of hydrogen-bond donors (Lipinski definition) is 2. The van der Waals surface area contributed by atoms with Gasteiger partial charge in [-0.15, -0.1) is 0 Å². The minimum atomic E-state index is -4.32. The van der Waals surface area contributed by atoms with Crippen LogP contribution in [0.25, 0.3) is 0 Å². The van der Waals surface area contributed by atoms with Crippen LogP contribution in [0.5, 0.6) is 0 Å². The van der Waals surface area contributed by atoms with E-state index < -0.39 is 11.7 Å². The van der Waals surface area contributed by atoms with Gasteiger partial charge >= 0.3 is 6.18 Å². The van der Waals surface area contributed by atoms with Crippen molar-refractivity contribution in [2.45, 2.75) is 32.0 Å². The number of aliphatic imine (C=N–C) groups is 1. The van der Waals surface area contributed by atoms with Crippen molar-refractivity contribution >= 4 is 5.96 Å². The second kappa shape index (κ2) is 9.60. The van der Waals surface area contributed by atoms with Gasteiger partial charge in [0.05, 0.1) is 31.4 Å². The van der Waals surface area contributed by atoms with Crippen molar-refractivity contribution in [2.24, 2.45) is 10.9 Å². The van der Waals surface area contributed by atoms with Crippen LogP contribution in [-0.2, 0) is 10.9 Å². The summed E-state index contributed by atoms with van der Waals surface area (Å²) in [5.74, 6) is 1.49. The molecule has 1 aromatic rings. The molecule has 1 aromatic carbocycles. The molecule has 1 aliphatic heterocycles. The van der Waals surface area contributed by atoms with E-state index in [0.29, 0.717) is 19.8 Å². The van der Waals surface area contributed by atoms with Crippen LogP contribution in [0.15, 0.2) is 29.3 Å². The fourth-order valence-electron chi connectivity index (χ4n) is 3.30. The van der Waals surface area contributed by atoms with E-state index in [1.807, 2.05) is 6.92 Å². The number of nitrogens with zero attached hydrogens (tertiary/aromatic N) is 2. The quantitative estimate of drug-likeness (QED) is 0.548. The third kappa shape index (κ3) is 6.10. The first kappa shape index (κ1) is 20.9. The number of morpholine rings is 1. The normalized spacial score (nSPS) is 20.1. The molecule has 8 heteroatoms. The molecule has 1 saturated heterocycles. The van der Waals surface area contributed by atoms with E-state index in [9.17, 15) is 13.2 Å². The van der Waals surface area contributed by atoms with Crippen LogP contribution < -0.4 is 10.6 Å². The Kier molecular flexibility index (Phi) is 7.18. The number of ether oxygens (including phenoxy) is 1. The van der Waals surface area contributed by atoms with E-state index in [1.165, 1.54) is 12.8 Å². The molecule has 156 valence electrons. The minimum absolute atomic E-state index is 0.0810. The molecule has 1 saturated carbocycles. The maximum Gasteiger partial charge on any atom is 0.416 e. The second-order valence-corrected chi connectivity index (χ2v) is 7.33. The zero-order chi connectivity index (χ0) is 20.0. The Morgan fingerprint density at radius 2 is 1.86 bits per heavy atom. The summed E-state index contributed by atoms with van der Waals surface area (Å²) in [6.07, 6.45) is -1.81. The van der Waals surface area contributed by atoms with Crippen LogP contribution in [0.2, 0.25) is 0 Å². The van der Waals surface area contributed by atoms with Gasteiger partial charge in [0.15, 0.2) is 5.96 Å². The first-order chi connectivity index (χ1) is 13.5. The maximum absolute atomic E-state index is 12.9. The average molecular weight is 398 g/mol. The average Bonchev–Trinajstić information content (AvgIpc) is 3.51. The summed E-state index contributed by atoms with van der Waals surface area (Å²) in [5.41, 5.74) is 0.219. The van der Waals surface area contributed by atoms with Crippen LogP contribution >= 0.6 is 0 Å². The van der Waals surface area contributed by atoms with Gasteiger partial charge in [-0.25, -0.2) is 0 Å². The fraction of sp³-hybridized carbons (Fsp3) is 0.650. The van der Waals surface area contributed by atoms with E-state index >= 15 is 0 Å². The molecule has 2 fully saturated rings. The summed E-state index contributed by atoms with van der Waals surface area (Å²) in [6.45, 7) is 6.91. The van der Waals surface area contributed by atoms with E-state index in [0.717, 1.165) is 55.8 Å². The largest absolute Gasteiger partial charge is 0.416 e. The highest BCUT2D eigenvalue weighted by Crippen LogP contribution is 2.31. The number of guanidine groups is 1.